The normalized spacial score (nSPS) is 16.5. The van der Waals surface area contributed by atoms with Gasteiger partial charge < -0.3 is 34.7 Å². The summed E-state index contributed by atoms with van der Waals surface area (Å²) in [6.07, 6.45) is 12.9. The van der Waals surface area contributed by atoms with Crippen LogP contribution in [0, 0.1) is 0 Å². The summed E-state index contributed by atoms with van der Waals surface area (Å²) in [6.45, 7) is 0.0762. The van der Waals surface area contributed by atoms with Gasteiger partial charge in [0.15, 0.2) is 0 Å². The fourth-order valence-corrected chi connectivity index (χ4v) is 3.84. The van der Waals surface area contributed by atoms with Crippen LogP contribution in [-0.2, 0) is 20.5 Å². The monoisotopic (exact) mass is 631 g/mol. The topological polar surface area (TPSA) is 219 Å². The van der Waals surface area contributed by atoms with E-state index >= 15 is 0 Å². The number of rotatable bonds is 7. The Hall–Kier alpha value is -3.17. The maximum atomic E-state index is 12.9. The van der Waals surface area contributed by atoms with Crippen molar-refractivity contribution in [2.75, 3.05) is 18.4 Å². The SMILES string of the molecule is O=C(C=Cc1cnccc1-c1cnn(C2CC2)c1)Nc1ccc(CN2CC(F)(F)C2)cc1.O=P(O)(O)O.O=P(O)(O)O. The first kappa shape index (κ1) is 33.3. The first-order valence-electron chi connectivity index (χ1n) is 12.2. The first-order chi connectivity index (χ1) is 19.4. The molecule has 1 saturated heterocycles. The molecule has 7 N–H and O–H groups in total. The molecule has 0 unspecified atom stereocenters. The number of pyridine rings is 1. The molecule has 2 fully saturated rings. The minimum absolute atomic E-state index is 0.200. The van der Waals surface area contributed by atoms with Crippen LogP contribution in [0.4, 0.5) is 14.5 Å². The minimum Gasteiger partial charge on any atom is -0.323 e. The van der Waals surface area contributed by atoms with Gasteiger partial charge in [-0.15, -0.1) is 0 Å². The molecule has 1 aromatic carbocycles. The molecule has 1 amide bonds. The Morgan fingerprint density at radius 3 is 2.14 bits per heavy atom. The smallest absolute Gasteiger partial charge is 0.323 e. The third-order valence-electron chi connectivity index (χ3n) is 5.64. The van der Waals surface area contributed by atoms with Crippen LogP contribution in [0.25, 0.3) is 17.2 Å². The van der Waals surface area contributed by atoms with Crippen molar-refractivity contribution < 1.29 is 52.1 Å². The molecule has 3 aromatic rings. The van der Waals surface area contributed by atoms with Gasteiger partial charge in [0, 0.05) is 48.0 Å². The summed E-state index contributed by atoms with van der Waals surface area (Å²) in [5, 5.41) is 7.26. The van der Waals surface area contributed by atoms with E-state index < -0.39 is 21.6 Å². The molecule has 14 nitrogen and oxygen atoms in total. The number of carbonyl (C=O) groups excluding carboxylic acids is 1. The fourth-order valence-electron chi connectivity index (χ4n) is 3.84. The molecule has 42 heavy (non-hydrogen) atoms. The van der Waals surface area contributed by atoms with Crippen molar-refractivity contribution >= 4 is 33.3 Å². The van der Waals surface area contributed by atoms with Gasteiger partial charge in [-0.3, -0.25) is 19.4 Å². The largest absolute Gasteiger partial charge is 0.466 e. The van der Waals surface area contributed by atoms with Gasteiger partial charge in [-0.25, -0.2) is 17.9 Å². The van der Waals surface area contributed by atoms with E-state index in [4.69, 9.17) is 38.5 Å². The van der Waals surface area contributed by atoms with E-state index in [0.29, 0.717) is 18.3 Å². The number of carbonyl (C=O) groups is 1. The molecule has 1 saturated carbocycles. The number of nitrogens with one attached hydrogen (secondary N) is 1. The summed E-state index contributed by atoms with van der Waals surface area (Å²) in [5.74, 6) is -2.82. The van der Waals surface area contributed by atoms with Gasteiger partial charge in [0.25, 0.3) is 5.92 Å². The van der Waals surface area contributed by atoms with Gasteiger partial charge in [0.05, 0.1) is 25.3 Å². The molecule has 2 aliphatic rings. The number of phosphoric acid groups is 2. The zero-order valence-electron chi connectivity index (χ0n) is 21.8. The van der Waals surface area contributed by atoms with Crippen LogP contribution < -0.4 is 5.32 Å². The van der Waals surface area contributed by atoms with Gasteiger partial charge in [-0.1, -0.05) is 12.1 Å². The molecule has 5 rings (SSSR count). The van der Waals surface area contributed by atoms with Crippen molar-refractivity contribution in [1.82, 2.24) is 19.7 Å². The average Bonchev–Trinajstić information content (AvgIpc) is 3.57. The summed E-state index contributed by atoms with van der Waals surface area (Å²) >= 11 is 0. The van der Waals surface area contributed by atoms with Gasteiger partial charge >= 0.3 is 15.6 Å². The number of halogens is 2. The molecule has 3 heterocycles. The van der Waals surface area contributed by atoms with Crippen LogP contribution in [0.15, 0.2) is 61.2 Å². The minimum atomic E-state index is -4.64. The Morgan fingerprint density at radius 1 is 1.00 bits per heavy atom. The molecule has 18 heteroatoms. The molecule has 1 aliphatic carbocycles. The Labute approximate surface area is 238 Å². The van der Waals surface area contributed by atoms with E-state index in [1.807, 2.05) is 35.3 Å². The van der Waals surface area contributed by atoms with Crippen molar-refractivity contribution in [1.29, 1.82) is 0 Å². The fraction of sp³-hybridized carbons (Fsp3) is 0.292. The molecule has 0 atom stereocenters. The van der Waals surface area contributed by atoms with Crippen molar-refractivity contribution in [3.05, 3.63) is 72.3 Å². The maximum absolute atomic E-state index is 12.9. The Kier molecular flexibility index (Phi) is 11.0. The molecule has 0 bridgehead atoms. The Bertz CT molecular complexity index is 1440. The molecule has 2 aromatic heterocycles. The van der Waals surface area contributed by atoms with Crippen LogP contribution >= 0.6 is 15.6 Å². The molecule has 0 radical (unpaired) electrons. The lowest BCUT2D eigenvalue weighted by atomic mass is 10.0. The molecule has 228 valence electrons. The number of aromatic nitrogens is 3. The Morgan fingerprint density at radius 2 is 1.60 bits per heavy atom. The summed E-state index contributed by atoms with van der Waals surface area (Å²) in [4.78, 5) is 61.4. The van der Waals surface area contributed by atoms with E-state index in [2.05, 4.69) is 15.4 Å². The van der Waals surface area contributed by atoms with E-state index in [0.717, 1.165) is 22.3 Å². The second-order valence-corrected chi connectivity index (χ2v) is 11.5. The van der Waals surface area contributed by atoms with Gasteiger partial charge in [-0.2, -0.15) is 5.10 Å². The van der Waals surface area contributed by atoms with Crippen molar-refractivity contribution in [3.8, 4) is 11.1 Å². The molecular weight excluding hydrogens is 602 g/mol. The van der Waals surface area contributed by atoms with Gasteiger partial charge in [-0.05, 0) is 48.2 Å². The highest BCUT2D eigenvalue weighted by Gasteiger charge is 2.43. The number of likely N-dealkylation sites (tertiary alicyclic amines) is 1. The zero-order valence-corrected chi connectivity index (χ0v) is 23.6. The quantitative estimate of drug-likeness (QED) is 0.148. The lowest BCUT2D eigenvalue weighted by Gasteiger charge is -2.38. The highest BCUT2D eigenvalue weighted by Crippen LogP contribution is 2.35. The number of alkyl halides is 2. The number of hydrogen-bond donors (Lipinski definition) is 7. The van der Waals surface area contributed by atoms with E-state index in [9.17, 15) is 13.6 Å². The number of hydrogen-bond acceptors (Lipinski definition) is 6. The zero-order chi connectivity index (χ0) is 31.1. The Balaban J connectivity index is 0.000000420. The van der Waals surface area contributed by atoms with Crippen molar-refractivity contribution in [2.24, 2.45) is 0 Å². The lowest BCUT2D eigenvalue weighted by Crippen LogP contribution is -2.55. The lowest BCUT2D eigenvalue weighted by molar-refractivity contribution is -0.133. The molecular formula is C24H29F2N5O9P2. The third-order valence-corrected chi connectivity index (χ3v) is 5.64. The number of amides is 1. The number of anilines is 1. The number of benzene rings is 1. The van der Waals surface area contributed by atoms with Crippen LogP contribution in [0.3, 0.4) is 0 Å². The molecule has 1 aliphatic heterocycles. The molecule has 0 spiro atoms. The average molecular weight is 631 g/mol. The van der Waals surface area contributed by atoms with E-state index in [1.165, 1.54) is 18.9 Å². The van der Waals surface area contributed by atoms with E-state index in [-0.39, 0.29) is 19.0 Å². The van der Waals surface area contributed by atoms with E-state index in [1.54, 1.807) is 35.5 Å². The summed E-state index contributed by atoms with van der Waals surface area (Å²) < 4.78 is 45.7. The van der Waals surface area contributed by atoms with Crippen LogP contribution in [0.5, 0.6) is 0 Å². The predicted octanol–water partition coefficient (Wildman–Crippen LogP) is 2.53. The number of nitrogens with zero attached hydrogens (tertiary/aromatic N) is 4. The van der Waals surface area contributed by atoms with Gasteiger partial charge in [0.2, 0.25) is 5.91 Å². The highest BCUT2D eigenvalue weighted by molar-refractivity contribution is 7.45. The van der Waals surface area contributed by atoms with Gasteiger partial charge in [0.1, 0.15) is 0 Å². The summed E-state index contributed by atoms with van der Waals surface area (Å²) in [5.41, 5.74) is 4.38. The van der Waals surface area contributed by atoms with Crippen molar-refractivity contribution in [2.45, 2.75) is 31.4 Å². The third kappa shape index (κ3) is 12.8. The summed E-state index contributed by atoms with van der Waals surface area (Å²) in [7, 11) is -9.28. The predicted molar refractivity (Wildman–Crippen MR) is 147 cm³/mol. The highest BCUT2D eigenvalue weighted by atomic mass is 31.2. The standard InChI is InChI=1S/C24H23F2N5O.2H3O4P/c25-24(26)15-30(16-24)13-17-1-4-20(5-2-17)29-23(32)8-3-18-11-27-10-9-22(18)19-12-28-31(14-19)21-6-7-21;2*1-5(2,3)4/h1-5,8-12,14,21H,6-7,13,15-16H2,(H,29,32);2*(H3,1,2,3,4). The second-order valence-electron chi connectivity index (χ2n) is 9.45. The maximum Gasteiger partial charge on any atom is 0.466 e. The van der Waals surface area contributed by atoms with Crippen molar-refractivity contribution in [3.63, 3.8) is 0 Å². The second kappa shape index (κ2) is 13.9. The first-order valence-corrected chi connectivity index (χ1v) is 15.3. The van der Waals surface area contributed by atoms with Crippen LogP contribution in [-0.4, -0.2) is 73.9 Å². The summed E-state index contributed by atoms with van der Waals surface area (Å²) in [6, 6.07) is 9.66. The van der Waals surface area contributed by atoms with Crippen LogP contribution in [0.1, 0.15) is 30.0 Å². The van der Waals surface area contributed by atoms with Crippen LogP contribution in [0.2, 0.25) is 0 Å².